The maximum absolute atomic E-state index is 10.8. The van der Waals surface area contributed by atoms with Crippen LogP contribution in [0.15, 0.2) is 12.1 Å². The van der Waals surface area contributed by atoms with Gasteiger partial charge in [0.1, 0.15) is 0 Å². The number of aromatic nitrogens is 1. The fraction of sp³-hybridized carbons (Fsp3) is 0.250. The summed E-state index contributed by atoms with van der Waals surface area (Å²) in [5.74, 6) is 0. The number of rotatable bonds is 2. The molecular formula is C12H12N2OS2. The van der Waals surface area contributed by atoms with E-state index in [2.05, 4.69) is 22.6 Å². The van der Waals surface area contributed by atoms with E-state index in [4.69, 9.17) is 0 Å². The van der Waals surface area contributed by atoms with Crippen LogP contribution in [0, 0.1) is 0 Å². The van der Waals surface area contributed by atoms with Gasteiger partial charge in [-0.05, 0) is 12.1 Å². The molecule has 5 heteroatoms. The Morgan fingerprint density at radius 1 is 1.18 bits per heavy atom. The highest BCUT2D eigenvalue weighted by atomic mass is 32.1. The third-order valence-electron chi connectivity index (χ3n) is 2.92. The summed E-state index contributed by atoms with van der Waals surface area (Å²) in [7, 11) is 6.15. The lowest BCUT2D eigenvalue weighted by Gasteiger charge is -2.07. The van der Waals surface area contributed by atoms with E-state index in [1.54, 1.807) is 22.7 Å². The topological polar surface area (TPSA) is 25.2 Å². The fourth-order valence-corrected chi connectivity index (χ4v) is 4.26. The number of hydrogen-bond donors (Lipinski definition) is 0. The molecule has 0 spiro atoms. The third kappa shape index (κ3) is 1.42. The van der Waals surface area contributed by atoms with Crippen LogP contribution in [0.1, 0.15) is 9.67 Å². The molecule has 0 atom stereocenters. The van der Waals surface area contributed by atoms with Crippen molar-refractivity contribution in [3.63, 3.8) is 0 Å². The van der Waals surface area contributed by atoms with Crippen LogP contribution in [0.2, 0.25) is 0 Å². The first kappa shape index (κ1) is 10.8. The first-order valence-corrected chi connectivity index (χ1v) is 6.89. The number of aryl methyl sites for hydroxylation is 1. The maximum atomic E-state index is 10.8. The number of aldehydes is 1. The molecule has 0 aliphatic heterocycles. The Labute approximate surface area is 107 Å². The number of carbonyl (C=O) groups excluding carboxylic acids is 1. The highest BCUT2D eigenvalue weighted by molar-refractivity contribution is 7.29. The molecule has 0 radical (unpaired) electrons. The minimum Gasteiger partial charge on any atom is -0.369 e. The van der Waals surface area contributed by atoms with Crippen LogP contribution in [0.3, 0.4) is 0 Å². The molecule has 88 valence electrons. The predicted octanol–water partition coefficient (Wildman–Crippen LogP) is 3.33. The number of anilines is 1. The standard InChI is InChI=1S/C12H12N2OS2/c1-13(2)10-5-9-12(17-10)11-8(14(9)3)4-7(6-15)16-11/h4-6H,1-3H3. The van der Waals surface area contributed by atoms with Gasteiger partial charge in [-0.3, -0.25) is 4.79 Å². The zero-order valence-electron chi connectivity index (χ0n) is 9.85. The van der Waals surface area contributed by atoms with Gasteiger partial charge < -0.3 is 9.47 Å². The van der Waals surface area contributed by atoms with Crippen LogP contribution in [0.5, 0.6) is 0 Å². The summed E-state index contributed by atoms with van der Waals surface area (Å²) in [6, 6.07) is 4.17. The third-order valence-corrected chi connectivity index (χ3v) is 5.42. The zero-order chi connectivity index (χ0) is 12.2. The van der Waals surface area contributed by atoms with E-state index in [-0.39, 0.29) is 0 Å². The largest absolute Gasteiger partial charge is 0.369 e. The van der Waals surface area contributed by atoms with E-state index < -0.39 is 0 Å². The molecular weight excluding hydrogens is 252 g/mol. The minimum absolute atomic E-state index is 0.798. The van der Waals surface area contributed by atoms with Crippen molar-refractivity contribution in [1.29, 1.82) is 0 Å². The van der Waals surface area contributed by atoms with Gasteiger partial charge in [-0.2, -0.15) is 0 Å². The Bertz CT molecular complexity index is 718. The first-order valence-electron chi connectivity index (χ1n) is 5.26. The lowest BCUT2D eigenvalue weighted by atomic mass is 10.4. The Morgan fingerprint density at radius 2 is 1.82 bits per heavy atom. The number of nitrogens with zero attached hydrogens (tertiary/aromatic N) is 2. The van der Waals surface area contributed by atoms with E-state index in [1.165, 1.54) is 19.9 Å². The van der Waals surface area contributed by atoms with Gasteiger partial charge in [0.15, 0.2) is 6.29 Å². The van der Waals surface area contributed by atoms with E-state index in [9.17, 15) is 4.79 Å². The van der Waals surface area contributed by atoms with Crippen molar-refractivity contribution >= 4 is 54.4 Å². The van der Waals surface area contributed by atoms with Crippen LogP contribution < -0.4 is 4.90 Å². The van der Waals surface area contributed by atoms with Crippen molar-refractivity contribution in [3.8, 4) is 0 Å². The van der Waals surface area contributed by atoms with Crippen molar-refractivity contribution in [1.82, 2.24) is 4.57 Å². The molecule has 0 bridgehead atoms. The van der Waals surface area contributed by atoms with Crippen molar-refractivity contribution in [2.24, 2.45) is 7.05 Å². The van der Waals surface area contributed by atoms with Gasteiger partial charge in [-0.1, -0.05) is 0 Å². The van der Waals surface area contributed by atoms with Crippen molar-refractivity contribution < 1.29 is 4.79 Å². The van der Waals surface area contributed by atoms with E-state index in [1.807, 2.05) is 20.2 Å². The molecule has 17 heavy (non-hydrogen) atoms. The summed E-state index contributed by atoms with van der Waals surface area (Å²) in [5, 5.41) is 1.24. The molecule has 0 fully saturated rings. The van der Waals surface area contributed by atoms with Crippen molar-refractivity contribution in [2.75, 3.05) is 19.0 Å². The summed E-state index contributed by atoms with van der Waals surface area (Å²) in [6.07, 6.45) is 0.928. The summed E-state index contributed by atoms with van der Waals surface area (Å²) in [6.45, 7) is 0. The second-order valence-corrected chi connectivity index (χ2v) is 6.35. The Balaban J connectivity index is 2.39. The molecule has 3 heterocycles. The number of fused-ring (bicyclic) bond motifs is 3. The molecule has 0 aromatic carbocycles. The second-order valence-electron chi connectivity index (χ2n) is 4.23. The average molecular weight is 264 g/mol. The molecule has 0 aliphatic rings. The number of carbonyl (C=O) groups is 1. The molecule has 3 nitrogen and oxygen atoms in total. The van der Waals surface area contributed by atoms with Crippen LogP contribution in [0.4, 0.5) is 5.00 Å². The molecule has 0 saturated heterocycles. The lowest BCUT2D eigenvalue weighted by molar-refractivity contribution is 0.112. The normalized spacial score (nSPS) is 11.5. The monoisotopic (exact) mass is 264 g/mol. The molecule has 3 aromatic rings. The molecule has 0 N–H and O–H groups in total. The minimum atomic E-state index is 0.798. The van der Waals surface area contributed by atoms with Gasteiger partial charge in [0.05, 0.1) is 30.3 Å². The fourth-order valence-electron chi connectivity index (χ4n) is 2.00. The van der Waals surface area contributed by atoms with Crippen LogP contribution in [-0.2, 0) is 7.05 Å². The van der Waals surface area contributed by atoms with Gasteiger partial charge >= 0.3 is 0 Å². The van der Waals surface area contributed by atoms with E-state index in [0.717, 1.165) is 16.7 Å². The van der Waals surface area contributed by atoms with Crippen molar-refractivity contribution in [2.45, 2.75) is 0 Å². The zero-order valence-corrected chi connectivity index (χ0v) is 11.5. The number of hydrogen-bond acceptors (Lipinski definition) is 4. The SMILES string of the molecule is CN(C)c1cc2c(s1)c1sc(C=O)cc1n2C. The average Bonchev–Trinajstić information content (AvgIpc) is 2.94. The first-order chi connectivity index (χ1) is 8.11. The highest BCUT2D eigenvalue weighted by Gasteiger charge is 2.15. The summed E-state index contributed by atoms with van der Waals surface area (Å²) >= 11 is 3.35. The molecule has 0 aliphatic carbocycles. The van der Waals surface area contributed by atoms with Gasteiger partial charge in [-0.15, -0.1) is 22.7 Å². The maximum Gasteiger partial charge on any atom is 0.160 e. The predicted molar refractivity (Wildman–Crippen MR) is 75.9 cm³/mol. The lowest BCUT2D eigenvalue weighted by Crippen LogP contribution is -2.05. The van der Waals surface area contributed by atoms with E-state index in [0.29, 0.717) is 0 Å². The van der Waals surface area contributed by atoms with Crippen molar-refractivity contribution in [3.05, 3.63) is 17.0 Å². The van der Waals surface area contributed by atoms with Crippen LogP contribution >= 0.6 is 22.7 Å². The molecule has 0 unspecified atom stereocenters. The summed E-state index contributed by atoms with van der Waals surface area (Å²) in [5.41, 5.74) is 2.40. The second kappa shape index (κ2) is 3.58. The molecule has 3 rings (SSSR count). The molecule has 0 saturated carbocycles. The smallest absolute Gasteiger partial charge is 0.160 e. The van der Waals surface area contributed by atoms with Gasteiger partial charge in [0, 0.05) is 21.1 Å². The van der Waals surface area contributed by atoms with Gasteiger partial charge in [0.25, 0.3) is 0 Å². The van der Waals surface area contributed by atoms with Crippen LogP contribution in [0.25, 0.3) is 20.4 Å². The van der Waals surface area contributed by atoms with Gasteiger partial charge in [-0.25, -0.2) is 0 Å². The van der Waals surface area contributed by atoms with Gasteiger partial charge in [0.2, 0.25) is 0 Å². The molecule has 3 aromatic heterocycles. The molecule has 0 amide bonds. The Kier molecular flexibility index (Phi) is 2.27. The Hall–Kier alpha value is -1.33. The number of thiophene rings is 2. The summed E-state index contributed by atoms with van der Waals surface area (Å²) in [4.78, 5) is 13.7. The highest BCUT2D eigenvalue weighted by Crippen LogP contribution is 2.41. The van der Waals surface area contributed by atoms with Crippen LogP contribution in [-0.4, -0.2) is 24.9 Å². The quantitative estimate of drug-likeness (QED) is 0.663. The van der Waals surface area contributed by atoms with E-state index >= 15 is 0 Å². The Morgan fingerprint density at radius 3 is 2.47 bits per heavy atom. The summed E-state index contributed by atoms with van der Waals surface area (Å²) < 4.78 is 4.67.